The molecule has 2 bridgehead atoms. The van der Waals surface area contributed by atoms with Crippen molar-refractivity contribution in [2.45, 2.75) is 81.3 Å². The topological polar surface area (TPSA) is 158 Å². The number of rotatable bonds is 9. The Kier molecular flexibility index (Phi) is 7.03. The number of aliphatic carboxylic acids is 1. The van der Waals surface area contributed by atoms with Gasteiger partial charge in [-0.3, -0.25) is 9.59 Å². The molecule has 1 aromatic rings. The van der Waals surface area contributed by atoms with Crippen molar-refractivity contribution < 1.29 is 53.1 Å². The van der Waals surface area contributed by atoms with E-state index in [1.807, 2.05) is 19.2 Å². The Morgan fingerprint density at radius 3 is 2.55 bits per heavy atom. The van der Waals surface area contributed by atoms with Gasteiger partial charge in [0.1, 0.15) is 5.76 Å². The van der Waals surface area contributed by atoms with Crippen molar-refractivity contribution in [3.63, 3.8) is 0 Å². The summed E-state index contributed by atoms with van der Waals surface area (Å²) in [5.74, 6) is -2.53. The first-order valence-electron chi connectivity index (χ1n) is 13.3. The van der Waals surface area contributed by atoms with Gasteiger partial charge in [-0.25, -0.2) is 9.59 Å². The molecular weight excluding hydrogens is 526 g/mol. The number of likely N-dealkylation sites (tertiary alicyclic amines) is 1. The third-order valence-electron chi connectivity index (χ3n) is 8.60. The molecule has 0 radical (unpaired) electrons. The monoisotopic (exact) mass is 559 g/mol. The van der Waals surface area contributed by atoms with Crippen LogP contribution in [0.4, 0.5) is 0 Å². The van der Waals surface area contributed by atoms with E-state index in [1.54, 1.807) is 13.2 Å². The average molecular weight is 560 g/mol. The van der Waals surface area contributed by atoms with Crippen LogP contribution in [0.5, 0.6) is 11.5 Å². The second-order valence-electron chi connectivity index (χ2n) is 10.8. The zero-order valence-electron chi connectivity index (χ0n) is 22.8. The SMILES string of the molecule is COc1ccc2c3c1O[C@H]1C(OC(=O)CCC(=O)O[C@@H](C)C(=O)O[C@@H](C)C(=O)O)=CC[C@@]4(O)[C@@H](C2)N(C)CC[C@]314. The maximum atomic E-state index is 12.8. The summed E-state index contributed by atoms with van der Waals surface area (Å²) in [7, 11) is 3.55. The maximum absolute atomic E-state index is 12.8. The van der Waals surface area contributed by atoms with Crippen molar-refractivity contribution in [2.24, 2.45) is 0 Å². The molecule has 0 unspecified atom stereocenters. The first kappa shape index (κ1) is 27.9. The third-order valence-corrected chi connectivity index (χ3v) is 8.60. The average Bonchev–Trinajstić information content (AvgIpc) is 3.26. The summed E-state index contributed by atoms with van der Waals surface area (Å²) in [6.07, 6.45) is -1.00. The van der Waals surface area contributed by atoms with Crippen LogP contribution in [0.25, 0.3) is 0 Å². The van der Waals surface area contributed by atoms with Crippen LogP contribution in [-0.2, 0) is 45.2 Å². The van der Waals surface area contributed by atoms with E-state index < -0.39 is 53.2 Å². The van der Waals surface area contributed by atoms with E-state index in [2.05, 4.69) is 4.90 Å². The molecule has 5 rings (SSSR count). The van der Waals surface area contributed by atoms with Gasteiger partial charge >= 0.3 is 23.9 Å². The second kappa shape index (κ2) is 10.1. The molecule has 1 spiro atoms. The van der Waals surface area contributed by atoms with E-state index in [-0.39, 0.29) is 31.1 Å². The van der Waals surface area contributed by atoms with Crippen LogP contribution in [0, 0.1) is 0 Å². The summed E-state index contributed by atoms with van der Waals surface area (Å²) in [5.41, 5.74) is 0.0124. The first-order chi connectivity index (χ1) is 18.9. The van der Waals surface area contributed by atoms with Crippen LogP contribution in [0.1, 0.15) is 50.7 Å². The fourth-order valence-corrected chi connectivity index (χ4v) is 6.60. The van der Waals surface area contributed by atoms with E-state index >= 15 is 0 Å². The zero-order chi connectivity index (χ0) is 29.0. The number of nitrogens with zero attached hydrogens (tertiary/aromatic N) is 1. The van der Waals surface area contributed by atoms with Crippen molar-refractivity contribution in [3.8, 4) is 11.5 Å². The molecule has 4 aliphatic rings. The number of aliphatic hydroxyl groups is 1. The minimum atomic E-state index is -1.39. The van der Waals surface area contributed by atoms with Crippen molar-refractivity contribution in [1.82, 2.24) is 4.90 Å². The lowest BCUT2D eigenvalue weighted by Crippen LogP contribution is -2.74. The van der Waals surface area contributed by atoms with Crippen LogP contribution < -0.4 is 9.47 Å². The zero-order valence-corrected chi connectivity index (χ0v) is 22.8. The molecule has 40 heavy (non-hydrogen) atoms. The molecule has 2 aliphatic carbocycles. The predicted octanol–water partition coefficient (Wildman–Crippen LogP) is 1.24. The second-order valence-corrected chi connectivity index (χ2v) is 10.8. The Balaban J connectivity index is 1.29. The number of methoxy groups -OCH3 is 1. The fraction of sp³-hybridized carbons (Fsp3) is 0.571. The number of ether oxygens (including phenoxy) is 5. The molecule has 0 aromatic heterocycles. The van der Waals surface area contributed by atoms with Gasteiger partial charge in [-0.05, 0) is 58.0 Å². The minimum Gasteiger partial charge on any atom is -0.493 e. The highest BCUT2D eigenvalue weighted by Gasteiger charge is 2.72. The fourth-order valence-electron chi connectivity index (χ4n) is 6.60. The molecule has 2 aliphatic heterocycles. The number of carboxylic acid groups (broad SMARTS) is 1. The van der Waals surface area contributed by atoms with Crippen LogP contribution in [0.2, 0.25) is 0 Å². The van der Waals surface area contributed by atoms with Gasteiger partial charge in [0.15, 0.2) is 29.8 Å². The highest BCUT2D eigenvalue weighted by molar-refractivity contribution is 5.83. The number of hydrogen-bond acceptors (Lipinski definition) is 11. The van der Waals surface area contributed by atoms with E-state index in [1.165, 1.54) is 13.8 Å². The first-order valence-corrected chi connectivity index (χ1v) is 13.3. The summed E-state index contributed by atoms with van der Waals surface area (Å²) in [6.45, 7) is 3.15. The molecule has 2 N–H and O–H groups in total. The molecule has 12 nitrogen and oxygen atoms in total. The quantitative estimate of drug-likeness (QED) is 0.330. The number of likely N-dealkylation sites (N-methyl/N-ethyl adjacent to an activating group) is 1. The summed E-state index contributed by atoms with van der Waals surface area (Å²) < 4.78 is 27.4. The van der Waals surface area contributed by atoms with Gasteiger partial charge in [-0.2, -0.15) is 0 Å². The smallest absolute Gasteiger partial charge is 0.347 e. The Bertz CT molecular complexity index is 1290. The summed E-state index contributed by atoms with van der Waals surface area (Å²) in [6, 6.07) is 3.71. The number of esters is 3. The number of piperidine rings is 1. The van der Waals surface area contributed by atoms with Gasteiger partial charge in [0, 0.05) is 18.0 Å². The Morgan fingerprint density at radius 1 is 1.12 bits per heavy atom. The lowest BCUT2D eigenvalue weighted by atomic mass is 9.50. The number of hydrogen-bond donors (Lipinski definition) is 2. The molecule has 1 aromatic carbocycles. The van der Waals surface area contributed by atoms with Gasteiger partial charge in [0.05, 0.1) is 31.0 Å². The van der Waals surface area contributed by atoms with Gasteiger partial charge < -0.3 is 38.8 Å². The molecular formula is C28H33NO11. The van der Waals surface area contributed by atoms with Crippen LogP contribution in [-0.4, -0.2) is 89.6 Å². The Hall–Kier alpha value is -3.64. The molecule has 0 saturated carbocycles. The number of benzene rings is 1. The van der Waals surface area contributed by atoms with Gasteiger partial charge in [-0.1, -0.05) is 6.07 Å². The van der Waals surface area contributed by atoms with E-state index in [0.29, 0.717) is 24.3 Å². The third kappa shape index (κ3) is 4.21. The highest BCUT2D eigenvalue weighted by atomic mass is 16.6. The standard InChI is InChI=1S/C28H33NO11/c1-14(25(32)33)38-26(34)15(2)37-20(30)7-8-21(31)39-18-9-10-28(35)19-13-16-5-6-17(36-4)23-22(16)27(28,24(18)40-23)11-12-29(19)3/h5-6,9,14-15,19,24,35H,7-8,10-13H2,1-4H3,(H,32,33)/t14-,15-,19+,24-,27-,28+/m0/s1. The largest absolute Gasteiger partial charge is 0.493 e. The molecule has 0 amide bonds. The van der Waals surface area contributed by atoms with E-state index in [4.69, 9.17) is 28.8 Å². The molecule has 1 saturated heterocycles. The molecule has 12 heteroatoms. The van der Waals surface area contributed by atoms with Crippen molar-refractivity contribution >= 4 is 23.9 Å². The summed E-state index contributed by atoms with van der Waals surface area (Å²) >= 11 is 0. The Labute approximate surface area is 230 Å². The Morgan fingerprint density at radius 2 is 1.85 bits per heavy atom. The number of carbonyl (C=O) groups excluding carboxylic acids is 3. The maximum Gasteiger partial charge on any atom is 0.347 e. The van der Waals surface area contributed by atoms with Gasteiger partial charge in [0.25, 0.3) is 0 Å². The van der Waals surface area contributed by atoms with Gasteiger partial charge in [0.2, 0.25) is 0 Å². The van der Waals surface area contributed by atoms with Crippen molar-refractivity contribution in [1.29, 1.82) is 0 Å². The predicted molar refractivity (Wildman–Crippen MR) is 136 cm³/mol. The molecule has 2 heterocycles. The molecule has 1 fully saturated rings. The number of carbonyl (C=O) groups is 4. The minimum absolute atomic E-state index is 0.144. The molecule has 6 atom stereocenters. The van der Waals surface area contributed by atoms with Crippen LogP contribution >= 0.6 is 0 Å². The lowest BCUT2D eigenvalue weighted by molar-refractivity contribution is -0.175. The summed E-state index contributed by atoms with van der Waals surface area (Å²) in [4.78, 5) is 50.0. The van der Waals surface area contributed by atoms with E-state index in [0.717, 1.165) is 17.7 Å². The lowest BCUT2D eigenvalue weighted by Gasteiger charge is -2.61. The molecule has 216 valence electrons. The van der Waals surface area contributed by atoms with Crippen molar-refractivity contribution in [3.05, 3.63) is 35.1 Å². The number of carboxylic acids is 1. The van der Waals surface area contributed by atoms with Crippen LogP contribution in [0.15, 0.2) is 24.0 Å². The van der Waals surface area contributed by atoms with Crippen molar-refractivity contribution in [2.75, 3.05) is 20.7 Å². The normalized spacial score (nSPS) is 29.2. The highest BCUT2D eigenvalue weighted by Crippen LogP contribution is 2.65. The van der Waals surface area contributed by atoms with Crippen LogP contribution in [0.3, 0.4) is 0 Å². The van der Waals surface area contributed by atoms with Gasteiger partial charge in [-0.15, -0.1) is 0 Å². The van der Waals surface area contributed by atoms with E-state index in [9.17, 15) is 24.3 Å². The summed E-state index contributed by atoms with van der Waals surface area (Å²) in [5, 5.41) is 21.1.